The molecule has 0 spiro atoms. The SMILES string of the molecule is C=CC(C)(C)C(=O)OC(C(F)(F)F)C(F)(F)F. The van der Waals surface area contributed by atoms with E-state index in [0.29, 0.717) is 0 Å². The summed E-state index contributed by atoms with van der Waals surface area (Å²) in [5.74, 6) is -1.65. The standard InChI is InChI=1S/C9H10F6O2/c1-4-7(2,3)6(16)17-5(8(10,11)12)9(13,14)15/h4-5H,1H2,2-3H3. The van der Waals surface area contributed by atoms with Gasteiger partial charge in [0.15, 0.2) is 0 Å². The van der Waals surface area contributed by atoms with Gasteiger partial charge in [0, 0.05) is 0 Å². The normalized spacial score (nSPS) is 13.7. The van der Waals surface area contributed by atoms with Gasteiger partial charge in [-0.3, -0.25) is 4.79 Å². The Morgan fingerprint density at radius 3 is 1.71 bits per heavy atom. The molecule has 0 aromatic carbocycles. The smallest absolute Gasteiger partial charge is 0.434 e. The number of halogens is 6. The third kappa shape index (κ3) is 4.27. The van der Waals surface area contributed by atoms with Gasteiger partial charge in [0.1, 0.15) is 0 Å². The lowest BCUT2D eigenvalue weighted by molar-refractivity contribution is -0.314. The zero-order chi connectivity index (χ0) is 14.1. The summed E-state index contributed by atoms with van der Waals surface area (Å²) in [5, 5.41) is 0. The first-order valence-corrected chi connectivity index (χ1v) is 4.30. The first kappa shape index (κ1) is 15.8. The Balaban J connectivity index is 5.05. The summed E-state index contributed by atoms with van der Waals surface area (Å²) in [7, 11) is 0. The second-order valence-electron chi connectivity index (χ2n) is 3.79. The van der Waals surface area contributed by atoms with Crippen molar-refractivity contribution in [1.29, 1.82) is 0 Å². The number of carbonyl (C=O) groups is 1. The first-order chi connectivity index (χ1) is 7.32. The summed E-state index contributed by atoms with van der Waals surface area (Å²) >= 11 is 0. The van der Waals surface area contributed by atoms with Gasteiger partial charge >= 0.3 is 18.3 Å². The number of esters is 1. The fourth-order valence-electron chi connectivity index (χ4n) is 0.661. The molecule has 0 fully saturated rings. The molecule has 100 valence electrons. The highest BCUT2D eigenvalue weighted by molar-refractivity contribution is 5.78. The van der Waals surface area contributed by atoms with Gasteiger partial charge < -0.3 is 4.74 Å². The summed E-state index contributed by atoms with van der Waals surface area (Å²) in [6, 6.07) is 0. The predicted octanol–water partition coefficient (Wildman–Crippen LogP) is 3.24. The van der Waals surface area contributed by atoms with Crippen LogP contribution in [0.2, 0.25) is 0 Å². The van der Waals surface area contributed by atoms with Crippen LogP contribution in [0.5, 0.6) is 0 Å². The molecule has 2 nitrogen and oxygen atoms in total. The molecule has 0 aromatic heterocycles. The van der Waals surface area contributed by atoms with E-state index in [1.54, 1.807) is 0 Å². The molecule has 0 saturated carbocycles. The maximum atomic E-state index is 12.0. The number of ether oxygens (including phenoxy) is 1. The molecule has 0 heterocycles. The van der Waals surface area contributed by atoms with Crippen LogP contribution in [0.3, 0.4) is 0 Å². The van der Waals surface area contributed by atoms with Gasteiger partial charge in [-0.15, -0.1) is 6.58 Å². The van der Waals surface area contributed by atoms with E-state index in [4.69, 9.17) is 0 Å². The first-order valence-electron chi connectivity index (χ1n) is 4.30. The van der Waals surface area contributed by atoms with Gasteiger partial charge in [0.2, 0.25) is 0 Å². The fourth-order valence-corrected chi connectivity index (χ4v) is 0.661. The van der Waals surface area contributed by atoms with Crippen LogP contribution < -0.4 is 0 Å². The van der Waals surface area contributed by atoms with Crippen molar-refractivity contribution in [3.8, 4) is 0 Å². The topological polar surface area (TPSA) is 26.3 Å². The summed E-state index contributed by atoms with van der Waals surface area (Å²) in [4.78, 5) is 11.1. The minimum atomic E-state index is -5.70. The molecular formula is C9H10F6O2. The van der Waals surface area contributed by atoms with Crippen molar-refractivity contribution in [1.82, 2.24) is 0 Å². The largest absolute Gasteiger partial charge is 0.442 e. The Kier molecular flexibility index (Phi) is 4.25. The van der Waals surface area contributed by atoms with Gasteiger partial charge in [0.25, 0.3) is 6.10 Å². The zero-order valence-corrected chi connectivity index (χ0v) is 8.95. The van der Waals surface area contributed by atoms with E-state index >= 15 is 0 Å². The van der Waals surface area contributed by atoms with Crippen molar-refractivity contribution in [3.05, 3.63) is 12.7 Å². The van der Waals surface area contributed by atoms with Crippen LogP contribution in [0.15, 0.2) is 12.7 Å². The minimum Gasteiger partial charge on any atom is -0.442 e. The van der Waals surface area contributed by atoms with Crippen LogP contribution in [0.25, 0.3) is 0 Å². The van der Waals surface area contributed by atoms with E-state index in [-0.39, 0.29) is 0 Å². The molecule has 17 heavy (non-hydrogen) atoms. The highest BCUT2D eigenvalue weighted by atomic mass is 19.4. The van der Waals surface area contributed by atoms with Crippen LogP contribution in [-0.2, 0) is 9.53 Å². The minimum absolute atomic E-state index is 0.902. The third-order valence-electron chi connectivity index (χ3n) is 1.86. The Bertz CT molecular complexity index is 288. The van der Waals surface area contributed by atoms with Gasteiger partial charge in [-0.05, 0) is 13.8 Å². The van der Waals surface area contributed by atoms with E-state index in [0.717, 1.165) is 19.9 Å². The molecule has 0 aromatic rings. The number of rotatable bonds is 3. The summed E-state index contributed by atoms with van der Waals surface area (Å²) in [6.07, 6.45) is -14.6. The summed E-state index contributed by atoms with van der Waals surface area (Å²) in [5.41, 5.74) is -1.63. The maximum Gasteiger partial charge on any atom is 0.434 e. The summed E-state index contributed by atoms with van der Waals surface area (Å²) in [6.45, 7) is 5.30. The second-order valence-corrected chi connectivity index (χ2v) is 3.79. The average Bonchev–Trinajstić information content (AvgIpc) is 2.09. The van der Waals surface area contributed by atoms with Crippen molar-refractivity contribution in [2.75, 3.05) is 0 Å². The molecule has 0 amide bonds. The highest BCUT2D eigenvalue weighted by Gasteiger charge is 2.60. The van der Waals surface area contributed by atoms with Gasteiger partial charge in [-0.25, -0.2) is 0 Å². The lowest BCUT2D eigenvalue weighted by atomic mass is 9.94. The highest BCUT2D eigenvalue weighted by Crippen LogP contribution is 2.37. The van der Waals surface area contributed by atoms with Gasteiger partial charge in [-0.2, -0.15) is 26.3 Å². The predicted molar refractivity (Wildman–Crippen MR) is 46.0 cm³/mol. The molecule has 0 aliphatic carbocycles. The van der Waals surface area contributed by atoms with Crippen LogP contribution >= 0.6 is 0 Å². The molecule has 0 unspecified atom stereocenters. The Morgan fingerprint density at radius 2 is 1.47 bits per heavy atom. The molecule has 0 radical (unpaired) electrons. The van der Waals surface area contributed by atoms with Gasteiger partial charge in [0.05, 0.1) is 5.41 Å². The van der Waals surface area contributed by atoms with Crippen molar-refractivity contribution in [2.24, 2.45) is 5.41 Å². The Morgan fingerprint density at radius 1 is 1.12 bits per heavy atom. The van der Waals surface area contributed by atoms with Crippen molar-refractivity contribution in [3.63, 3.8) is 0 Å². The van der Waals surface area contributed by atoms with Crippen molar-refractivity contribution >= 4 is 5.97 Å². The zero-order valence-electron chi connectivity index (χ0n) is 8.95. The monoisotopic (exact) mass is 264 g/mol. The molecule has 0 N–H and O–H groups in total. The van der Waals surface area contributed by atoms with E-state index in [1.807, 2.05) is 0 Å². The quantitative estimate of drug-likeness (QED) is 0.444. The number of carbonyl (C=O) groups excluding carboxylic acids is 1. The Hall–Kier alpha value is -1.21. The molecule has 0 aliphatic heterocycles. The number of hydrogen-bond donors (Lipinski definition) is 0. The molecular weight excluding hydrogens is 254 g/mol. The third-order valence-corrected chi connectivity index (χ3v) is 1.86. The van der Waals surface area contributed by atoms with E-state index in [9.17, 15) is 31.1 Å². The molecule has 0 aliphatic rings. The van der Waals surface area contributed by atoms with E-state index in [1.165, 1.54) is 0 Å². The number of hydrogen-bond acceptors (Lipinski definition) is 2. The van der Waals surface area contributed by atoms with E-state index in [2.05, 4.69) is 11.3 Å². The molecule has 8 heteroatoms. The lowest BCUT2D eigenvalue weighted by Crippen LogP contribution is -2.47. The van der Waals surface area contributed by atoms with Crippen LogP contribution in [0.1, 0.15) is 13.8 Å². The lowest BCUT2D eigenvalue weighted by Gasteiger charge is -2.26. The van der Waals surface area contributed by atoms with Gasteiger partial charge in [-0.1, -0.05) is 6.08 Å². The fraction of sp³-hybridized carbons (Fsp3) is 0.667. The van der Waals surface area contributed by atoms with Crippen molar-refractivity contribution in [2.45, 2.75) is 32.3 Å². The van der Waals surface area contributed by atoms with E-state index < -0.39 is 29.8 Å². The van der Waals surface area contributed by atoms with Crippen LogP contribution in [0, 0.1) is 5.41 Å². The second kappa shape index (κ2) is 4.58. The maximum absolute atomic E-state index is 12.0. The molecule has 0 bridgehead atoms. The van der Waals surface area contributed by atoms with Crippen LogP contribution in [-0.4, -0.2) is 24.4 Å². The molecule has 0 saturated heterocycles. The molecule has 0 atom stereocenters. The molecule has 0 rings (SSSR count). The average molecular weight is 264 g/mol. The van der Waals surface area contributed by atoms with Crippen molar-refractivity contribution < 1.29 is 35.9 Å². The summed E-state index contributed by atoms with van der Waals surface area (Å²) < 4.78 is 75.7. The van der Waals surface area contributed by atoms with Crippen LogP contribution in [0.4, 0.5) is 26.3 Å². The Labute approximate surface area is 93.2 Å². The number of alkyl halides is 6.